The molecule has 3 heteroatoms. The molecule has 2 nitrogen and oxygen atoms in total. The van der Waals surface area contributed by atoms with Crippen molar-refractivity contribution >= 4 is 14.7 Å². The Balaban J connectivity index is 0.000000561. The molecule has 1 aromatic heterocycles. The molecule has 0 N–H and O–H groups in total. The summed E-state index contributed by atoms with van der Waals surface area (Å²) < 4.78 is 2.00. The number of hydrogen-bond donors (Lipinski definition) is 0. The highest BCUT2D eigenvalue weighted by Gasteiger charge is 2.03. The Kier molecular flexibility index (Phi) is 5.16. The summed E-state index contributed by atoms with van der Waals surface area (Å²) >= 11 is 0. The van der Waals surface area contributed by atoms with E-state index in [1.807, 2.05) is 25.5 Å². The van der Waals surface area contributed by atoms with Crippen LogP contribution in [0.1, 0.15) is 32.0 Å². The predicted octanol–water partition coefficient (Wildman–Crippen LogP) is 2.05. The highest BCUT2D eigenvalue weighted by Crippen LogP contribution is 2.03. The first-order valence-electron chi connectivity index (χ1n) is 4.46. The number of aryl methyl sites for hydroxylation is 2. The van der Waals surface area contributed by atoms with Crippen molar-refractivity contribution in [1.82, 2.24) is 9.78 Å². The van der Waals surface area contributed by atoms with Crippen LogP contribution in [0.2, 0.25) is 0 Å². The molecule has 1 atom stereocenters. The minimum atomic E-state index is 0.952. The third kappa shape index (κ3) is 2.31. The van der Waals surface area contributed by atoms with E-state index >= 15 is 0 Å². The molecule has 0 saturated heterocycles. The average Bonchev–Trinajstić information content (AvgIpc) is 2.36. The lowest BCUT2D eigenvalue weighted by atomic mass is 10.3. The van der Waals surface area contributed by atoms with Gasteiger partial charge < -0.3 is 0 Å². The molecule has 12 heavy (non-hydrogen) atoms. The fraction of sp³-hybridized carbons (Fsp3) is 0.667. The van der Waals surface area contributed by atoms with Gasteiger partial charge in [-0.05, 0) is 26.3 Å². The molecular formula is C9H19N2P. The lowest BCUT2D eigenvalue weighted by Crippen LogP contribution is -2.10. The molecule has 0 aliphatic carbocycles. The van der Waals surface area contributed by atoms with Gasteiger partial charge in [-0.15, -0.1) is 0 Å². The van der Waals surface area contributed by atoms with Crippen molar-refractivity contribution in [2.24, 2.45) is 0 Å². The van der Waals surface area contributed by atoms with E-state index in [4.69, 9.17) is 0 Å². The first-order valence-corrected chi connectivity index (χ1v) is 5.04. The Bertz CT molecular complexity index is 241. The van der Waals surface area contributed by atoms with E-state index in [0.717, 1.165) is 12.2 Å². The van der Waals surface area contributed by atoms with Crippen molar-refractivity contribution < 1.29 is 0 Å². The summed E-state index contributed by atoms with van der Waals surface area (Å²) in [6, 6.07) is 0. The van der Waals surface area contributed by atoms with Crippen LogP contribution < -0.4 is 5.44 Å². The quantitative estimate of drug-likeness (QED) is 0.614. The maximum absolute atomic E-state index is 4.32. The Morgan fingerprint density at radius 1 is 1.33 bits per heavy atom. The Hall–Kier alpha value is -0.360. The van der Waals surface area contributed by atoms with Gasteiger partial charge in [-0.25, -0.2) is 0 Å². The van der Waals surface area contributed by atoms with Crippen LogP contribution in [-0.2, 0) is 6.54 Å². The SMILES string of the molecule is CC.CCn1nc(C)c(C)c1P. The van der Waals surface area contributed by atoms with Gasteiger partial charge in [-0.2, -0.15) is 5.10 Å². The van der Waals surface area contributed by atoms with Gasteiger partial charge in [0.15, 0.2) is 0 Å². The fourth-order valence-electron chi connectivity index (χ4n) is 0.930. The Morgan fingerprint density at radius 2 is 1.83 bits per heavy atom. The van der Waals surface area contributed by atoms with Gasteiger partial charge in [-0.3, -0.25) is 4.68 Å². The summed E-state index contributed by atoms with van der Waals surface area (Å²) in [6.45, 7) is 11.2. The first-order chi connectivity index (χ1) is 5.66. The van der Waals surface area contributed by atoms with Gasteiger partial charge >= 0.3 is 0 Å². The Morgan fingerprint density at radius 3 is 2.00 bits per heavy atom. The van der Waals surface area contributed by atoms with Crippen LogP contribution in [0, 0.1) is 13.8 Å². The molecule has 1 rings (SSSR count). The number of nitrogens with zero attached hydrogens (tertiary/aromatic N) is 2. The van der Waals surface area contributed by atoms with Crippen molar-refractivity contribution in [3.63, 3.8) is 0 Å². The van der Waals surface area contributed by atoms with E-state index in [0.29, 0.717) is 0 Å². The topological polar surface area (TPSA) is 17.8 Å². The summed E-state index contributed by atoms with van der Waals surface area (Å²) in [5.41, 5.74) is 3.62. The zero-order valence-corrected chi connectivity index (χ0v) is 9.83. The summed E-state index contributed by atoms with van der Waals surface area (Å²) in [7, 11) is 2.71. The second-order valence-electron chi connectivity index (χ2n) is 2.41. The molecule has 0 saturated carbocycles. The molecule has 0 bridgehead atoms. The highest BCUT2D eigenvalue weighted by atomic mass is 31.0. The number of aromatic nitrogens is 2. The molecule has 0 amide bonds. The molecule has 0 radical (unpaired) electrons. The number of hydrogen-bond acceptors (Lipinski definition) is 1. The van der Waals surface area contributed by atoms with Gasteiger partial charge in [0.1, 0.15) is 0 Å². The van der Waals surface area contributed by atoms with E-state index in [-0.39, 0.29) is 0 Å². The van der Waals surface area contributed by atoms with Crippen molar-refractivity contribution in [2.75, 3.05) is 0 Å². The zero-order chi connectivity index (χ0) is 9.72. The molecule has 0 fully saturated rings. The monoisotopic (exact) mass is 186 g/mol. The van der Waals surface area contributed by atoms with Crippen LogP contribution in [0.5, 0.6) is 0 Å². The normalized spacial score (nSPS) is 9.17. The summed E-state index contributed by atoms with van der Waals surface area (Å²) in [5.74, 6) is 0. The fourth-order valence-corrected chi connectivity index (χ4v) is 1.38. The molecule has 0 aromatic carbocycles. The molecule has 0 aliphatic heterocycles. The first kappa shape index (κ1) is 11.6. The molecule has 1 unspecified atom stereocenters. The minimum Gasteiger partial charge on any atom is -0.265 e. The zero-order valence-electron chi connectivity index (χ0n) is 8.68. The van der Waals surface area contributed by atoms with Crippen LogP contribution in [0.3, 0.4) is 0 Å². The highest BCUT2D eigenvalue weighted by molar-refractivity contribution is 7.27. The lowest BCUT2D eigenvalue weighted by molar-refractivity contribution is 0.671. The maximum Gasteiger partial charge on any atom is 0.0629 e. The molecule has 70 valence electrons. The van der Waals surface area contributed by atoms with Gasteiger partial charge in [0.05, 0.1) is 11.1 Å². The minimum absolute atomic E-state index is 0.952. The van der Waals surface area contributed by atoms with Gasteiger partial charge in [0.25, 0.3) is 0 Å². The van der Waals surface area contributed by atoms with Crippen molar-refractivity contribution in [3.05, 3.63) is 11.3 Å². The molecule has 0 spiro atoms. The van der Waals surface area contributed by atoms with Gasteiger partial charge in [-0.1, -0.05) is 23.1 Å². The smallest absolute Gasteiger partial charge is 0.0629 e. The van der Waals surface area contributed by atoms with E-state index in [1.54, 1.807) is 0 Å². The van der Waals surface area contributed by atoms with E-state index in [2.05, 4.69) is 28.2 Å². The van der Waals surface area contributed by atoms with Crippen LogP contribution in [-0.4, -0.2) is 9.78 Å². The summed E-state index contributed by atoms with van der Waals surface area (Å²) in [4.78, 5) is 0. The second kappa shape index (κ2) is 5.31. The summed E-state index contributed by atoms with van der Waals surface area (Å²) in [6.07, 6.45) is 0. The van der Waals surface area contributed by atoms with E-state index in [1.165, 1.54) is 11.0 Å². The van der Waals surface area contributed by atoms with E-state index in [9.17, 15) is 0 Å². The largest absolute Gasteiger partial charge is 0.265 e. The van der Waals surface area contributed by atoms with Crippen molar-refractivity contribution in [1.29, 1.82) is 0 Å². The van der Waals surface area contributed by atoms with Crippen LogP contribution in [0.4, 0.5) is 0 Å². The third-order valence-corrected chi connectivity index (χ3v) is 2.51. The molecule has 0 aliphatic rings. The van der Waals surface area contributed by atoms with Crippen LogP contribution in [0.25, 0.3) is 0 Å². The third-order valence-electron chi connectivity index (χ3n) is 1.78. The summed E-state index contributed by atoms with van der Waals surface area (Å²) in [5, 5.41) is 4.32. The number of rotatable bonds is 1. The molecule has 1 heterocycles. The predicted molar refractivity (Wildman–Crippen MR) is 58.1 cm³/mol. The van der Waals surface area contributed by atoms with E-state index < -0.39 is 0 Å². The van der Waals surface area contributed by atoms with Gasteiger partial charge in [0, 0.05) is 6.54 Å². The average molecular weight is 186 g/mol. The van der Waals surface area contributed by atoms with Gasteiger partial charge in [0.2, 0.25) is 0 Å². The Labute approximate surface area is 77.6 Å². The maximum atomic E-state index is 4.32. The lowest BCUT2D eigenvalue weighted by Gasteiger charge is -1.96. The van der Waals surface area contributed by atoms with Crippen LogP contribution in [0.15, 0.2) is 0 Å². The van der Waals surface area contributed by atoms with Crippen LogP contribution >= 0.6 is 9.24 Å². The standard InChI is InChI=1S/C7H13N2P.C2H6/c1-4-9-7(10)5(2)6(3)8-9;1-2/h4,10H2,1-3H3;1-2H3. The second-order valence-corrected chi connectivity index (χ2v) is 2.96. The van der Waals surface area contributed by atoms with Crippen molar-refractivity contribution in [2.45, 2.75) is 41.2 Å². The van der Waals surface area contributed by atoms with Crippen molar-refractivity contribution in [3.8, 4) is 0 Å². The molecular weight excluding hydrogens is 167 g/mol. The molecule has 1 aromatic rings.